The van der Waals surface area contributed by atoms with Crippen molar-refractivity contribution in [2.24, 2.45) is 11.8 Å². The molecule has 3 heterocycles. The number of carboxylic acid groups (broad SMARTS) is 1. The maximum Gasteiger partial charge on any atom is 0.410 e. The average Bonchev–Trinajstić information content (AvgIpc) is 3.82. The molecular formula is C40H54N8O7. The van der Waals surface area contributed by atoms with Crippen LogP contribution in [-0.2, 0) is 48.8 Å². The van der Waals surface area contributed by atoms with Crippen molar-refractivity contribution < 1.29 is 33.8 Å². The van der Waals surface area contributed by atoms with Crippen LogP contribution >= 0.6 is 0 Å². The smallest absolute Gasteiger partial charge is 0.410 e. The predicted molar refractivity (Wildman–Crippen MR) is 202 cm³/mol. The lowest BCUT2D eigenvalue weighted by molar-refractivity contribution is -0.150. The molecule has 296 valence electrons. The number of carbonyl (C=O) groups excluding carboxylic acids is 4. The number of aromatic nitrogens is 4. The third-order valence-electron chi connectivity index (χ3n) is 10.6. The van der Waals surface area contributed by atoms with Gasteiger partial charge in [-0.05, 0) is 72.1 Å². The number of aryl methyl sites for hydroxylation is 1. The molecule has 4 atom stereocenters. The lowest BCUT2D eigenvalue weighted by atomic mass is 9.94. The Balaban J connectivity index is 1.14. The molecule has 0 unspecified atom stereocenters. The molecule has 15 nitrogen and oxygen atoms in total. The van der Waals surface area contributed by atoms with Crippen LogP contribution in [0, 0.1) is 11.8 Å². The number of nitrogens with zero attached hydrogens (tertiary/aromatic N) is 6. The van der Waals surface area contributed by atoms with Crippen molar-refractivity contribution in [2.75, 3.05) is 13.1 Å². The van der Waals surface area contributed by atoms with Crippen molar-refractivity contribution in [3.8, 4) is 0 Å². The summed E-state index contributed by atoms with van der Waals surface area (Å²) >= 11 is 0. The van der Waals surface area contributed by atoms with E-state index in [1.54, 1.807) is 37.3 Å². The van der Waals surface area contributed by atoms with Crippen LogP contribution in [0.5, 0.6) is 0 Å². The topological polar surface area (TPSA) is 189 Å². The maximum absolute atomic E-state index is 14.0. The van der Waals surface area contributed by atoms with E-state index in [0.717, 1.165) is 11.1 Å². The number of hydrogen-bond acceptors (Lipinski definition) is 9. The van der Waals surface area contributed by atoms with Gasteiger partial charge in [0.2, 0.25) is 17.7 Å². The number of benzene rings is 2. The summed E-state index contributed by atoms with van der Waals surface area (Å²) in [7, 11) is 0. The number of carbonyl (C=O) groups is 5. The summed E-state index contributed by atoms with van der Waals surface area (Å²) in [5, 5.41) is 28.0. The molecular weight excluding hydrogens is 704 g/mol. The zero-order valence-electron chi connectivity index (χ0n) is 32.6. The van der Waals surface area contributed by atoms with Crippen molar-refractivity contribution in [2.45, 2.75) is 116 Å². The molecule has 0 aliphatic carbocycles. The SMILES string of the molecule is CC(C)[C@H](NC(=O)CCCCc1nnnn1C(C)(C)c1ccccc1)C(=O)N[C@H](C(=O)N1C[C@H](OC(=O)N2CCc3ccccc3C2)C[C@H]1C(=O)O)C(C)C. The van der Waals surface area contributed by atoms with E-state index in [2.05, 4.69) is 26.2 Å². The summed E-state index contributed by atoms with van der Waals surface area (Å²) in [5.41, 5.74) is 2.80. The molecule has 55 heavy (non-hydrogen) atoms. The molecule has 0 spiro atoms. The molecule has 1 fully saturated rings. The fourth-order valence-electron chi connectivity index (χ4n) is 7.28. The van der Waals surface area contributed by atoms with Gasteiger partial charge in [-0.25, -0.2) is 14.3 Å². The summed E-state index contributed by atoms with van der Waals surface area (Å²) in [6.07, 6.45) is 1.13. The van der Waals surface area contributed by atoms with Gasteiger partial charge in [-0.2, -0.15) is 0 Å². The van der Waals surface area contributed by atoms with Crippen molar-refractivity contribution >= 4 is 29.8 Å². The van der Waals surface area contributed by atoms with E-state index in [1.165, 1.54) is 10.5 Å². The highest BCUT2D eigenvalue weighted by Crippen LogP contribution is 2.27. The fourth-order valence-corrected chi connectivity index (χ4v) is 7.28. The second-order valence-electron chi connectivity index (χ2n) is 15.7. The minimum atomic E-state index is -1.24. The van der Waals surface area contributed by atoms with Crippen LogP contribution in [-0.4, -0.2) is 102 Å². The summed E-state index contributed by atoms with van der Waals surface area (Å²) in [4.78, 5) is 68.9. The van der Waals surface area contributed by atoms with Crippen LogP contribution in [0.1, 0.15) is 89.7 Å². The molecule has 4 amide bonds. The van der Waals surface area contributed by atoms with Gasteiger partial charge in [-0.1, -0.05) is 82.3 Å². The number of likely N-dealkylation sites (tertiary alicyclic amines) is 1. The monoisotopic (exact) mass is 758 g/mol. The lowest BCUT2D eigenvalue weighted by Crippen LogP contribution is -2.58. The van der Waals surface area contributed by atoms with E-state index >= 15 is 0 Å². The highest BCUT2D eigenvalue weighted by atomic mass is 16.6. The number of ether oxygens (including phenoxy) is 1. The summed E-state index contributed by atoms with van der Waals surface area (Å²) in [6, 6.07) is 14.6. The first-order valence-electron chi connectivity index (χ1n) is 19.2. The lowest BCUT2D eigenvalue weighted by Gasteiger charge is -2.31. The largest absolute Gasteiger partial charge is 0.480 e. The molecule has 5 rings (SSSR count). The zero-order valence-corrected chi connectivity index (χ0v) is 32.6. The molecule has 2 aromatic carbocycles. The third kappa shape index (κ3) is 9.86. The second kappa shape index (κ2) is 17.9. The van der Waals surface area contributed by atoms with Gasteiger partial charge in [0.05, 0.1) is 12.1 Å². The van der Waals surface area contributed by atoms with Crippen molar-refractivity contribution in [3.05, 3.63) is 77.1 Å². The minimum Gasteiger partial charge on any atom is -0.480 e. The molecule has 1 aromatic heterocycles. The van der Waals surface area contributed by atoms with E-state index in [0.29, 0.717) is 44.6 Å². The van der Waals surface area contributed by atoms with Gasteiger partial charge in [-0.15, -0.1) is 5.10 Å². The molecule has 3 aromatic rings. The second-order valence-corrected chi connectivity index (χ2v) is 15.7. The summed E-state index contributed by atoms with van der Waals surface area (Å²) < 4.78 is 7.55. The fraction of sp³-hybridized carbons (Fsp3) is 0.550. The Kier molecular flexibility index (Phi) is 13.3. The van der Waals surface area contributed by atoms with Crippen LogP contribution in [0.25, 0.3) is 0 Å². The highest BCUT2D eigenvalue weighted by Gasteiger charge is 2.45. The van der Waals surface area contributed by atoms with E-state index in [4.69, 9.17) is 4.74 Å². The van der Waals surface area contributed by atoms with Crippen molar-refractivity contribution in [3.63, 3.8) is 0 Å². The van der Waals surface area contributed by atoms with Crippen LogP contribution in [0.15, 0.2) is 54.6 Å². The molecule has 0 radical (unpaired) electrons. The first kappa shape index (κ1) is 40.8. The minimum absolute atomic E-state index is 0.0691. The number of amides is 4. The van der Waals surface area contributed by atoms with Crippen LogP contribution in [0.4, 0.5) is 4.79 Å². The molecule has 0 saturated carbocycles. The standard InChI is InChI=1S/C40H54N8O7/c1-25(2)34(41-33(49)19-13-12-18-32-43-44-45-48(32)40(5,6)29-16-8-7-9-17-29)36(50)42-35(26(3)4)37(51)47-24-30(22-31(47)38(52)53)55-39(54)46-21-20-27-14-10-11-15-28(27)23-46/h7-11,14-17,25-26,30-31,34-35H,12-13,18-24H2,1-6H3,(H,41,49)(H,42,50)(H,52,53)/t30-,31+,34+,35+/m1/s1. The Bertz CT molecular complexity index is 1830. The Labute approximate surface area is 322 Å². The number of nitrogens with one attached hydrogen (secondary N) is 2. The number of carboxylic acids is 1. The summed E-state index contributed by atoms with van der Waals surface area (Å²) in [5.74, 6) is -2.67. The number of unbranched alkanes of at least 4 members (excludes halogenated alkanes) is 1. The Hall–Kier alpha value is -5.34. The molecule has 15 heteroatoms. The van der Waals surface area contributed by atoms with Gasteiger partial charge in [-0.3, -0.25) is 14.4 Å². The zero-order chi connectivity index (χ0) is 39.9. The average molecular weight is 759 g/mol. The molecule has 2 aliphatic rings. The van der Waals surface area contributed by atoms with Gasteiger partial charge in [0.15, 0.2) is 5.82 Å². The molecule has 0 bridgehead atoms. The summed E-state index contributed by atoms with van der Waals surface area (Å²) in [6.45, 7) is 11.9. The van der Waals surface area contributed by atoms with Gasteiger partial charge in [0, 0.05) is 32.4 Å². The van der Waals surface area contributed by atoms with E-state index in [1.807, 2.05) is 68.4 Å². The van der Waals surface area contributed by atoms with E-state index in [9.17, 15) is 29.1 Å². The number of hydrogen-bond donors (Lipinski definition) is 3. The highest BCUT2D eigenvalue weighted by molar-refractivity contribution is 5.94. The normalized spacial score (nSPS) is 18.1. The molecule has 3 N–H and O–H groups in total. The van der Waals surface area contributed by atoms with E-state index < -0.39 is 59.6 Å². The van der Waals surface area contributed by atoms with E-state index in [-0.39, 0.29) is 31.2 Å². The Morgan fingerprint density at radius 3 is 2.25 bits per heavy atom. The molecule has 2 aliphatic heterocycles. The van der Waals surface area contributed by atoms with Crippen molar-refractivity contribution in [1.29, 1.82) is 0 Å². The van der Waals surface area contributed by atoms with Gasteiger partial charge < -0.3 is 30.3 Å². The van der Waals surface area contributed by atoms with Crippen LogP contribution < -0.4 is 10.6 Å². The van der Waals surface area contributed by atoms with Crippen LogP contribution in [0.2, 0.25) is 0 Å². The maximum atomic E-state index is 14.0. The van der Waals surface area contributed by atoms with Gasteiger partial charge >= 0.3 is 12.1 Å². The number of aliphatic carboxylic acids is 1. The first-order valence-corrected chi connectivity index (χ1v) is 19.2. The number of rotatable bonds is 15. The Morgan fingerprint density at radius 2 is 1.58 bits per heavy atom. The van der Waals surface area contributed by atoms with Gasteiger partial charge in [0.25, 0.3) is 0 Å². The first-order chi connectivity index (χ1) is 26.2. The number of tetrazole rings is 1. The predicted octanol–water partition coefficient (Wildman–Crippen LogP) is 3.70. The quantitative estimate of drug-likeness (QED) is 0.193. The third-order valence-corrected chi connectivity index (χ3v) is 10.6. The number of fused-ring (bicyclic) bond motifs is 1. The van der Waals surface area contributed by atoms with Crippen LogP contribution in [0.3, 0.4) is 0 Å². The van der Waals surface area contributed by atoms with Crippen molar-refractivity contribution in [1.82, 2.24) is 40.6 Å². The van der Waals surface area contributed by atoms with Gasteiger partial charge in [0.1, 0.15) is 24.2 Å². The molecule has 1 saturated heterocycles. The Morgan fingerprint density at radius 1 is 0.909 bits per heavy atom.